The Morgan fingerprint density at radius 1 is 1.75 bits per heavy atom. The molecule has 1 aliphatic heterocycles. The van der Waals surface area contributed by atoms with E-state index in [1.165, 1.54) is 0 Å². The van der Waals surface area contributed by atoms with E-state index < -0.39 is 0 Å². The highest BCUT2D eigenvalue weighted by molar-refractivity contribution is 7.81. The van der Waals surface area contributed by atoms with Gasteiger partial charge in [-0.25, -0.2) is 0 Å². The summed E-state index contributed by atoms with van der Waals surface area (Å²) in [5.74, 6) is 0.253. The van der Waals surface area contributed by atoms with Gasteiger partial charge in [0.2, 0.25) is 5.91 Å². The van der Waals surface area contributed by atoms with Crippen molar-refractivity contribution in [3.05, 3.63) is 0 Å². The smallest absolute Gasteiger partial charge is 0.232 e. The van der Waals surface area contributed by atoms with Crippen molar-refractivity contribution in [3.63, 3.8) is 0 Å². The van der Waals surface area contributed by atoms with E-state index >= 15 is 0 Å². The Morgan fingerprint density at radius 2 is 2.42 bits per heavy atom. The van der Waals surface area contributed by atoms with E-state index in [2.05, 4.69) is 12.6 Å². The van der Waals surface area contributed by atoms with Crippen molar-refractivity contribution in [1.29, 1.82) is 0 Å². The third-order valence-corrected chi connectivity index (χ3v) is 2.04. The average Bonchev–Trinajstić information content (AvgIpc) is 2.01. The summed E-state index contributed by atoms with van der Waals surface area (Å²) in [6.45, 7) is 2.99. The zero-order valence-corrected chi connectivity index (χ0v) is 7.96. The minimum atomic E-state index is -0.349. The van der Waals surface area contributed by atoms with Gasteiger partial charge in [-0.3, -0.25) is 4.79 Å². The van der Waals surface area contributed by atoms with Crippen LogP contribution in [0.25, 0.3) is 0 Å². The number of ether oxygens (including phenoxy) is 1. The third-order valence-electron chi connectivity index (χ3n) is 1.77. The largest absolute Gasteiger partial charge is 0.381 e. The molecular formula is C7H12BNO2S. The Morgan fingerprint density at radius 3 is 2.92 bits per heavy atom. The zero-order chi connectivity index (χ0) is 9.14. The molecule has 0 aromatic heterocycles. The molecule has 0 bridgehead atoms. The third kappa shape index (κ3) is 2.42. The van der Waals surface area contributed by atoms with Crippen LogP contribution < -0.4 is 0 Å². The number of carbonyl (C=O) groups is 1. The summed E-state index contributed by atoms with van der Waals surface area (Å²) in [7, 11) is 5.57. The number of rotatable bonds is 1. The first-order chi connectivity index (χ1) is 5.63. The molecule has 1 rings (SSSR count). The highest BCUT2D eigenvalue weighted by Gasteiger charge is 2.24. The number of morpholine rings is 1. The van der Waals surface area contributed by atoms with Crippen LogP contribution in [0.4, 0.5) is 0 Å². The maximum absolute atomic E-state index is 11.2. The molecule has 3 nitrogen and oxygen atoms in total. The number of hydrogen-bond acceptors (Lipinski definition) is 3. The molecule has 0 spiro atoms. The van der Waals surface area contributed by atoms with Gasteiger partial charge in [-0.05, 0) is 6.92 Å². The van der Waals surface area contributed by atoms with Crippen molar-refractivity contribution < 1.29 is 9.53 Å². The summed E-state index contributed by atoms with van der Waals surface area (Å²) in [5.41, 5.74) is 0. The standard InChI is InChI=1S/C7H12BNO2S/c1-5-2-9(7(10)4-12)3-6(8)11-5/h5-6,12H,2-4H2,1H3. The molecule has 1 amide bonds. The second-order valence-electron chi connectivity index (χ2n) is 2.94. The van der Waals surface area contributed by atoms with Gasteiger partial charge in [-0.2, -0.15) is 12.6 Å². The summed E-state index contributed by atoms with van der Waals surface area (Å²) in [6.07, 6.45) is 0.0255. The van der Waals surface area contributed by atoms with Gasteiger partial charge in [-0.15, -0.1) is 0 Å². The molecule has 0 aromatic rings. The monoisotopic (exact) mass is 185 g/mol. The second kappa shape index (κ2) is 4.19. The van der Waals surface area contributed by atoms with Gasteiger partial charge in [-0.1, -0.05) is 0 Å². The summed E-state index contributed by atoms with van der Waals surface area (Å²) in [5, 5.41) is 0. The lowest BCUT2D eigenvalue weighted by Gasteiger charge is -2.35. The van der Waals surface area contributed by atoms with Crippen molar-refractivity contribution in [3.8, 4) is 0 Å². The molecule has 66 valence electrons. The number of carbonyl (C=O) groups excluding carboxylic acids is 1. The maximum atomic E-state index is 11.2. The second-order valence-corrected chi connectivity index (χ2v) is 3.26. The van der Waals surface area contributed by atoms with Gasteiger partial charge in [0.05, 0.1) is 11.9 Å². The molecule has 1 aliphatic rings. The van der Waals surface area contributed by atoms with Crippen LogP contribution in [0.3, 0.4) is 0 Å². The first-order valence-corrected chi connectivity index (χ1v) is 4.56. The van der Waals surface area contributed by atoms with Gasteiger partial charge in [0.25, 0.3) is 0 Å². The Hall–Kier alpha value is -0.155. The molecule has 2 radical (unpaired) electrons. The maximum Gasteiger partial charge on any atom is 0.232 e. The average molecular weight is 185 g/mol. The van der Waals surface area contributed by atoms with E-state index in [4.69, 9.17) is 12.6 Å². The predicted molar refractivity (Wildman–Crippen MR) is 50.5 cm³/mol. The van der Waals surface area contributed by atoms with Gasteiger partial charge < -0.3 is 9.64 Å². The van der Waals surface area contributed by atoms with Crippen LogP contribution in [0, 0.1) is 0 Å². The zero-order valence-electron chi connectivity index (χ0n) is 7.06. The SMILES string of the molecule is [B]C1CN(C(=O)CS)CC(C)O1. The normalized spacial score (nSPS) is 30.3. The summed E-state index contributed by atoms with van der Waals surface area (Å²) in [4.78, 5) is 12.9. The topological polar surface area (TPSA) is 29.5 Å². The first-order valence-electron chi connectivity index (χ1n) is 3.93. The molecule has 1 saturated heterocycles. The van der Waals surface area contributed by atoms with E-state index in [1.54, 1.807) is 4.90 Å². The van der Waals surface area contributed by atoms with E-state index in [-0.39, 0.29) is 23.8 Å². The van der Waals surface area contributed by atoms with E-state index in [0.29, 0.717) is 13.1 Å². The fourth-order valence-electron chi connectivity index (χ4n) is 1.29. The van der Waals surface area contributed by atoms with Gasteiger partial charge in [0.15, 0.2) is 0 Å². The highest BCUT2D eigenvalue weighted by Crippen LogP contribution is 2.09. The molecule has 0 aromatic carbocycles. The molecule has 1 fully saturated rings. The minimum absolute atomic E-state index is 0.0175. The molecule has 12 heavy (non-hydrogen) atoms. The van der Waals surface area contributed by atoms with Crippen LogP contribution in [0.2, 0.25) is 0 Å². The number of hydrogen-bond donors (Lipinski definition) is 1. The lowest BCUT2D eigenvalue weighted by Crippen LogP contribution is -2.49. The van der Waals surface area contributed by atoms with Crippen molar-refractivity contribution in [2.45, 2.75) is 19.0 Å². The van der Waals surface area contributed by atoms with Gasteiger partial charge >= 0.3 is 0 Å². The lowest BCUT2D eigenvalue weighted by molar-refractivity contribution is -0.137. The summed E-state index contributed by atoms with van der Waals surface area (Å²) in [6, 6.07) is -0.349. The Kier molecular flexibility index (Phi) is 3.46. The van der Waals surface area contributed by atoms with Crippen LogP contribution >= 0.6 is 12.6 Å². The number of amides is 1. The molecule has 2 atom stereocenters. The van der Waals surface area contributed by atoms with Crippen LogP contribution in [0.5, 0.6) is 0 Å². The van der Waals surface area contributed by atoms with E-state index in [0.717, 1.165) is 0 Å². The molecule has 2 unspecified atom stereocenters. The summed E-state index contributed by atoms with van der Waals surface area (Å²) >= 11 is 3.91. The fourth-order valence-corrected chi connectivity index (χ4v) is 1.49. The molecule has 1 heterocycles. The summed E-state index contributed by atoms with van der Waals surface area (Å²) < 4.78 is 5.27. The van der Waals surface area contributed by atoms with Gasteiger partial charge in [0, 0.05) is 19.1 Å². The Labute approximate surface area is 79.3 Å². The Balaban J connectivity index is 2.49. The highest BCUT2D eigenvalue weighted by atomic mass is 32.1. The predicted octanol–water partition coefficient (Wildman–Crippen LogP) is -0.342. The first kappa shape index (κ1) is 9.93. The van der Waals surface area contributed by atoms with Crippen molar-refractivity contribution in [2.75, 3.05) is 18.8 Å². The quantitative estimate of drug-likeness (QED) is 0.447. The molecule has 5 heteroatoms. The van der Waals surface area contributed by atoms with Crippen molar-refractivity contribution in [2.24, 2.45) is 0 Å². The van der Waals surface area contributed by atoms with E-state index in [1.807, 2.05) is 6.92 Å². The van der Waals surface area contributed by atoms with Gasteiger partial charge in [0.1, 0.15) is 7.85 Å². The molecule has 0 aliphatic carbocycles. The minimum Gasteiger partial charge on any atom is -0.381 e. The van der Waals surface area contributed by atoms with Crippen LogP contribution in [-0.2, 0) is 9.53 Å². The van der Waals surface area contributed by atoms with Crippen LogP contribution in [0.1, 0.15) is 6.92 Å². The lowest BCUT2D eigenvalue weighted by atomic mass is 9.97. The molecular weight excluding hydrogens is 173 g/mol. The van der Waals surface area contributed by atoms with Crippen LogP contribution in [0.15, 0.2) is 0 Å². The van der Waals surface area contributed by atoms with E-state index in [9.17, 15) is 4.79 Å². The molecule has 0 N–H and O–H groups in total. The van der Waals surface area contributed by atoms with Crippen molar-refractivity contribution in [1.82, 2.24) is 4.90 Å². The van der Waals surface area contributed by atoms with Crippen LogP contribution in [-0.4, -0.2) is 49.6 Å². The number of thiol groups is 1. The Bertz CT molecular complexity index is 169. The number of nitrogens with zero attached hydrogens (tertiary/aromatic N) is 1. The van der Waals surface area contributed by atoms with Crippen molar-refractivity contribution >= 4 is 26.4 Å². The fraction of sp³-hybridized carbons (Fsp3) is 0.857. The molecule has 0 saturated carbocycles.